The highest BCUT2D eigenvalue weighted by Gasteiger charge is 2.47. The monoisotopic (exact) mass is 825 g/mol. The van der Waals surface area contributed by atoms with Gasteiger partial charge in [0, 0.05) is 43.3 Å². The van der Waals surface area contributed by atoms with E-state index in [1.807, 2.05) is 11.3 Å². The van der Waals surface area contributed by atoms with E-state index in [0.29, 0.717) is 0 Å². The van der Waals surface area contributed by atoms with Gasteiger partial charge in [0.25, 0.3) is 6.71 Å². The van der Waals surface area contributed by atoms with Gasteiger partial charge in [0.1, 0.15) is 0 Å². The number of fused-ring (bicyclic) bond motifs is 7. The number of hydrogen-bond acceptors (Lipinski definition) is 3. The third-order valence-electron chi connectivity index (χ3n) is 14.5. The van der Waals surface area contributed by atoms with Crippen molar-refractivity contribution in [2.24, 2.45) is 0 Å². The highest BCUT2D eigenvalue weighted by molar-refractivity contribution is 7.33. The average molecular weight is 825 g/mol. The first-order valence-corrected chi connectivity index (χ1v) is 23.7. The fraction of sp³-hybridized carbons (Fsp3) is 0.439. The molecule has 9 rings (SSSR count). The maximum absolute atomic E-state index is 2.67. The molecular formula is C57H69BN2S. The van der Waals surface area contributed by atoms with Crippen molar-refractivity contribution < 1.29 is 0 Å². The molecule has 3 heterocycles. The number of aryl methyl sites for hydroxylation is 1. The number of hydrogen-bond donors (Lipinski definition) is 0. The summed E-state index contributed by atoms with van der Waals surface area (Å²) in [5, 5.41) is 1.39. The van der Waals surface area contributed by atoms with Crippen LogP contribution in [0.5, 0.6) is 0 Å². The van der Waals surface area contributed by atoms with Crippen LogP contribution in [0.3, 0.4) is 0 Å². The third kappa shape index (κ3) is 6.81. The fourth-order valence-electron chi connectivity index (χ4n) is 10.4. The molecule has 0 unspecified atom stereocenters. The third-order valence-corrected chi connectivity index (χ3v) is 15.8. The lowest BCUT2D eigenvalue weighted by Crippen LogP contribution is -2.60. The molecule has 2 nitrogen and oxygen atoms in total. The lowest BCUT2D eigenvalue weighted by Gasteiger charge is -2.44. The first kappa shape index (κ1) is 42.0. The van der Waals surface area contributed by atoms with Crippen LogP contribution in [-0.4, -0.2) is 6.71 Å². The molecule has 4 heteroatoms. The zero-order valence-electron chi connectivity index (χ0n) is 40.4. The molecule has 0 N–H and O–H groups in total. The minimum atomic E-state index is -0.0103. The first-order valence-electron chi connectivity index (χ1n) is 22.9. The molecule has 0 fully saturated rings. The summed E-state index contributed by atoms with van der Waals surface area (Å²) >= 11 is 2.05. The van der Waals surface area contributed by atoms with Crippen molar-refractivity contribution in [3.05, 3.63) is 124 Å². The van der Waals surface area contributed by atoms with Gasteiger partial charge in [0.2, 0.25) is 0 Å². The smallest absolute Gasteiger partial charge is 0.264 e. The van der Waals surface area contributed by atoms with E-state index in [9.17, 15) is 0 Å². The average Bonchev–Trinajstić information content (AvgIpc) is 3.52. The van der Waals surface area contributed by atoms with Gasteiger partial charge in [-0.25, -0.2) is 0 Å². The fourth-order valence-corrected chi connectivity index (χ4v) is 11.8. The van der Waals surface area contributed by atoms with Crippen LogP contribution in [0.1, 0.15) is 163 Å². The number of nitrogens with zero attached hydrogens (tertiary/aromatic N) is 2. The normalized spacial score (nSPS) is 17.0. The Morgan fingerprint density at radius 3 is 1.56 bits per heavy atom. The molecule has 0 saturated heterocycles. The molecule has 0 spiro atoms. The van der Waals surface area contributed by atoms with Crippen molar-refractivity contribution in [1.29, 1.82) is 0 Å². The summed E-state index contributed by atoms with van der Waals surface area (Å²) in [4.78, 5) is 5.30. The predicted octanol–water partition coefficient (Wildman–Crippen LogP) is 14.8. The van der Waals surface area contributed by atoms with Gasteiger partial charge in [-0.2, -0.15) is 0 Å². The van der Waals surface area contributed by atoms with E-state index >= 15 is 0 Å². The summed E-state index contributed by atoms with van der Waals surface area (Å²) in [6, 6.07) is 34.6. The maximum atomic E-state index is 2.67. The van der Waals surface area contributed by atoms with Gasteiger partial charge in [0.15, 0.2) is 0 Å². The van der Waals surface area contributed by atoms with Crippen LogP contribution in [0, 0.1) is 6.92 Å². The van der Waals surface area contributed by atoms with Crippen LogP contribution < -0.4 is 25.5 Å². The van der Waals surface area contributed by atoms with Crippen LogP contribution in [0.4, 0.5) is 34.1 Å². The predicted molar refractivity (Wildman–Crippen MR) is 271 cm³/mol. The molecule has 0 atom stereocenters. The summed E-state index contributed by atoms with van der Waals surface area (Å²) in [6.45, 7) is 40.4. The lowest BCUT2D eigenvalue weighted by atomic mass is 9.36. The van der Waals surface area contributed by atoms with E-state index in [4.69, 9.17) is 0 Å². The summed E-state index contributed by atoms with van der Waals surface area (Å²) in [7, 11) is 0. The zero-order chi connectivity index (χ0) is 44.1. The van der Waals surface area contributed by atoms with Crippen molar-refractivity contribution in [3.8, 4) is 0 Å². The summed E-state index contributed by atoms with van der Waals surface area (Å²) < 4.78 is 2.86. The van der Waals surface area contributed by atoms with Crippen LogP contribution in [0.2, 0.25) is 0 Å². The quantitative estimate of drug-likeness (QED) is 0.160. The van der Waals surface area contributed by atoms with Crippen LogP contribution in [0.25, 0.3) is 10.1 Å². The molecule has 0 amide bonds. The zero-order valence-corrected chi connectivity index (χ0v) is 41.2. The van der Waals surface area contributed by atoms with E-state index in [1.165, 1.54) is 112 Å². The SMILES string of the molecule is Cc1cc2c3c(c1)N(c1ccc(C(C)(C)C)cc1)c1c(sc4cc5c(cc14)C(C)(C)CCC5(C)C)B3c1cc(C(C)(C)C)ccc1N2c1cc(C(C)(C)C)cc(C(C)(C)C)c1. The second-order valence-electron chi connectivity index (χ2n) is 24.4. The van der Waals surface area contributed by atoms with Crippen LogP contribution in [0.15, 0.2) is 84.9 Å². The largest absolute Gasteiger partial charge is 0.311 e. The highest BCUT2D eigenvalue weighted by Crippen LogP contribution is 2.53. The Morgan fingerprint density at radius 2 is 1.02 bits per heavy atom. The van der Waals surface area contributed by atoms with Crippen LogP contribution >= 0.6 is 11.3 Å². The molecule has 5 aromatic carbocycles. The Labute approximate surface area is 372 Å². The van der Waals surface area contributed by atoms with Crippen molar-refractivity contribution in [2.75, 3.05) is 9.80 Å². The van der Waals surface area contributed by atoms with Gasteiger partial charge in [-0.05, 0) is 157 Å². The van der Waals surface area contributed by atoms with Gasteiger partial charge in [-0.15, -0.1) is 11.3 Å². The van der Waals surface area contributed by atoms with Gasteiger partial charge in [0.05, 0.1) is 5.69 Å². The van der Waals surface area contributed by atoms with E-state index in [0.717, 1.165) is 0 Å². The Morgan fingerprint density at radius 1 is 0.508 bits per heavy atom. The molecule has 61 heavy (non-hydrogen) atoms. The molecule has 0 saturated carbocycles. The molecular weight excluding hydrogens is 756 g/mol. The molecule has 1 aromatic heterocycles. The van der Waals surface area contributed by atoms with Gasteiger partial charge >= 0.3 is 0 Å². The number of rotatable bonds is 2. The summed E-state index contributed by atoms with van der Waals surface area (Å²) in [5.74, 6) is 0. The molecule has 0 bridgehead atoms. The Kier molecular flexibility index (Phi) is 9.22. The lowest BCUT2D eigenvalue weighted by molar-refractivity contribution is 0.332. The molecule has 316 valence electrons. The maximum Gasteiger partial charge on any atom is 0.264 e. The molecule has 1 aliphatic carbocycles. The second kappa shape index (κ2) is 13.4. The minimum Gasteiger partial charge on any atom is -0.311 e. The number of benzene rings is 5. The Bertz CT molecular complexity index is 2720. The van der Waals surface area contributed by atoms with Gasteiger partial charge in [-0.1, -0.05) is 141 Å². The molecule has 2 aliphatic heterocycles. The van der Waals surface area contributed by atoms with Gasteiger partial charge in [-0.3, -0.25) is 0 Å². The van der Waals surface area contributed by atoms with Crippen molar-refractivity contribution in [3.63, 3.8) is 0 Å². The van der Waals surface area contributed by atoms with E-state index in [2.05, 4.69) is 212 Å². The number of thiophene rings is 1. The molecule has 0 radical (unpaired) electrons. The van der Waals surface area contributed by atoms with Gasteiger partial charge < -0.3 is 9.80 Å². The standard InChI is InChI=1S/C57H69BN2S/c1-34-26-46-49-47(27-34)60(39-21-18-35(19-22-39)52(2,3)4)50-41-32-42-43(57(16,17)25-24-56(42,14)15)33-48(41)61-51(50)58(49)44-31-36(53(5,6)7)20-23-45(44)59(46)40-29-37(54(8,9)10)28-38(30-40)55(11,12)13/h18-23,26-33H,24-25H2,1-17H3. The summed E-state index contributed by atoms with van der Waals surface area (Å²) in [6.07, 6.45) is 2.40. The second-order valence-corrected chi connectivity index (χ2v) is 25.5. The Hall–Kier alpha value is -4.28. The number of anilines is 6. The molecule has 3 aliphatic rings. The van der Waals surface area contributed by atoms with Crippen molar-refractivity contribution in [2.45, 2.75) is 163 Å². The minimum absolute atomic E-state index is 0.00346. The van der Waals surface area contributed by atoms with Crippen LogP contribution in [-0.2, 0) is 32.5 Å². The Balaban J connectivity index is 1.42. The van der Waals surface area contributed by atoms with E-state index < -0.39 is 0 Å². The topological polar surface area (TPSA) is 6.48 Å². The van der Waals surface area contributed by atoms with E-state index in [1.54, 1.807) is 0 Å². The van der Waals surface area contributed by atoms with Crippen molar-refractivity contribution >= 4 is 78.0 Å². The van der Waals surface area contributed by atoms with E-state index in [-0.39, 0.29) is 39.2 Å². The molecule has 6 aromatic rings. The first-order chi connectivity index (χ1) is 28.1. The summed E-state index contributed by atoms with van der Waals surface area (Å²) in [5.41, 5.74) is 20.6. The van der Waals surface area contributed by atoms with Crippen molar-refractivity contribution in [1.82, 2.24) is 0 Å². The highest BCUT2D eigenvalue weighted by atomic mass is 32.1.